The Morgan fingerprint density at radius 3 is 1.87 bits per heavy atom. The largest absolute Gasteiger partial charge is 0.507 e. The highest BCUT2D eigenvalue weighted by molar-refractivity contribution is 5.96. The number of para-hydroxylation sites is 1. The van der Waals surface area contributed by atoms with Gasteiger partial charge in [0.25, 0.3) is 0 Å². The lowest BCUT2D eigenvalue weighted by Crippen LogP contribution is -1.90. The summed E-state index contributed by atoms with van der Waals surface area (Å²) < 4.78 is 0. The van der Waals surface area contributed by atoms with Gasteiger partial charge >= 0.3 is 0 Å². The molecule has 0 heterocycles. The van der Waals surface area contributed by atoms with Gasteiger partial charge in [0.2, 0.25) is 0 Å². The maximum absolute atomic E-state index is 10.7. The highest BCUT2D eigenvalue weighted by Gasteiger charge is 2.02. The van der Waals surface area contributed by atoms with Crippen LogP contribution in [0.4, 0.5) is 0 Å². The maximum Gasteiger partial charge on any atom is 0.163 e. The van der Waals surface area contributed by atoms with E-state index < -0.39 is 0 Å². The summed E-state index contributed by atoms with van der Waals surface area (Å²) in [5.74, 6) is -0.0619. The van der Waals surface area contributed by atoms with Crippen LogP contribution in [0.3, 0.4) is 0 Å². The first-order valence-electron chi connectivity index (χ1n) is 5.42. The first kappa shape index (κ1) is 16.1. The lowest BCUT2D eigenvalue weighted by molar-refractivity contribution is 0.101. The number of carbonyl (C=O) groups excluding carboxylic acids is 1. The number of hydrogen-bond donors (Lipinski definition) is 1. The maximum atomic E-state index is 10.7. The Hall–Kier alpha value is -1.31. The normalized spacial score (nSPS) is 7.80. The van der Waals surface area contributed by atoms with Crippen molar-refractivity contribution in [2.75, 3.05) is 0 Å². The number of hydrogen-bond acceptors (Lipinski definition) is 2. The molecule has 0 saturated heterocycles. The van der Waals surface area contributed by atoms with Gasteiger partial charge in [-0.15, -0.1) is 0 Å². The summed E-state index contributed by atoms with van der Waals surface area (Å²) in [4.78, 5) is 10.7. The van der Waals surface area contributed by atoms with Crippen LogP contribution in [-0.2, 0) is 0 Å². The third-order valence-corrected chi connectivity index (χ3v) is 1.28. The average Bonchev–Trinajstić information content (AvgIpc) is 2.22. The summed E-state index contributed by atoms with van der Waals surface area (Å²) in [6.45, 7) is 9.68. The van der Waals surface area contributed by atoms with Crippen molar-refractivity contribution < 1.29 is 9.90 Å². The zero-order chi connectivity index (χ0) is 12.3. The number of Topliss-reactive ketones (excluding diaryl/α,β-unsaturated/α-hetero) is 1. The van der Waals surface area contributed by atoms with Crippen LogP contribution in [0.1, 0.15) is 51.4 Å². The average molecular weight is 210 g/mol. The molecule has 1 rings (SSSR count). The molecule has 0 spiro atoms. The van der Waals surface area contributed by atoms with Gasteiger partial charge in [0.1, 0.15) is 5.75 Å². The minimum atomic E-state index is -0.113. The highest BCUT2D eigenvalue weighted by atomic mass is 16.3. The summed E-state index contributed by atoms with van der Waals surface area (Å²) >= 11 is 0. The van der Waals surface area contributed by atoms with E-state index in [0.29, 0.717) is 5.56 Å². The van der Waals surface area contributed by atoms with Crippen LogP contribution in [0.2, 0.25) is 0 Å². The number of aromatic hydroxyl groups is 1. The van der Waals surface area contributed by atoms with Crippen molar-refractivity contribution in [1.29, 1.82) is 0 Å². The second kappa shape index (κ2) is 10.8. The molecule has 1 aromatic carbocycles. The molecule has 0 aliphatic heterocycles. The number of carbonyl (C=O) groups is 1. The monoisotopic (exact) mass is 210 g/mol. The van der Waals surface area contributed by atoms with Crippen molar-refractivity contribution in [3.8, 4) is 5.75 Å². The fraction of sp³-hybridized carbons (Fsp3) is 0.462. The summed E-state index contributed by atoms with van der Waals surface area (Å²) in [7, 11) is 0. The molecule has 0 bridgehead atoms. The van der Waals surface area contributed by atoms with Crippen molar-refractivity contribution in [3.05, 3.63) is 29.8 Å². The predicted octanol–water partition coefficient (Wildman–Crippen LogP) is 4.04. The second-order valence-corrected chi connectivity index (χ2v) is 2.78. The summed E-state index contributed by atoms with van der Waals surface area (Å²) in [6, 6.07) is 6.49. The van der Waals surface area contributed by atoms with Gasteiger partial charge in [-0.05, 0) is 19.1 Å². The third kappa shape index (κ3) is 7.74. The first-order chi connectivity index (χ1) is 7.13. The Bertz CT molecular complexity index is 267. The minimum Gasteiger partial charge on any atom is -0.507 e. The molecule has 86 valence electrons. The molecule has 0 fully saturated rings. The van der Waals surface area contributed by atoms with Crippen molar-refractivity contribution in [2.24, 2.45) is 0 Å². The molecular formula is C13H22O2. The van der Waals surface area contributed by atoms with Gasteiger partial charge in [-0.25, -0.2) is 0 Å². The van der Waals surface area contributed by atoms with Gasteiger partial charge in [0.05, 0.1) is 5.56 Å². The molecule has 0 unspecified atom stereocenters. The highest BCUT2D eigenvalue weighted by Crippen LogP contribution is 2.15. The van der Waals surface area contributed by atoms with E-state index in [1.807, 2.05) is 13.8 Å². The molecule has 0 aliphatic rings. The Balaban J connectivity index is 0. The van der Waals surface area contributed by atoms with Crippen LogP contribution in [0, 0.1) is 0 Å². The first-order valence-corrected chi connectivity index (χ1v) is 5.42. The lowest BCUT2D eigenvalue weighted by atomic mass is 10.1. The van der Waals surface area contributed by atoms with Gasteiger partial charge < -0.3 is 5.11 Å². The number of phenolic OH excluding ortho intramolecular Hbond substituents is 1. The number of benzene rings is 1. The van der Waals surface area contributed by atoms with Gasteiger partial charge in [-0.3, -0.25) is 4.79 Å². The standard InChI is InChI=1S/C8H8O2.C3H8.C2H6/c1-6(9)7-4-2-3-5-8(7)10;1-3-2;1-2/h2-5,10H,1H3;3H2,1-2H3;1-2H3. The van der Waals surface area contributed by atoms with Crippen molar-refractivity contribution >= 4 is 5.78 Å². The molecule has 0 saturated carbocycles. The summed E-state index contributed by atoms with van der Waals surface area (Å²) in [5, 5.41) is 9.06. The molecule has 2 heteroatoms. The van der Waals surface area contributed by atoms with E-state index in [2.05, 4.69) is 13.8 Å². The van der Waals surface area contributed by atoms with E-state index in [1.54, 1.807) is 18.2 Å². The fourth-order valence-electron chi connectivity index (χ4n) is 0.771. The molecule has 1 N–H and O–H groups in total. The molecule has 2 nitrogen and oxygen atoms in total. The summed E-state index contributed by atoms with van der Waals surface area (Å²) in [6.07, 6.45) is 1.25. The van der Waals surface area contributed by atoms with E-state index in [9.17, 15) is 4.79 Å². The van der Waals surface area contributed by atoms with Crippen LogP contribution in [0.25, 0.3) is 0 Å². The molecule has 0 amide bonds. The van der Waals surface area contributed by atoms with E-state index in [-0.39, 0.29) is 11.5 Å². The van der Waals surface area contributed by atoms with Crippen molar-refractivity contribution in [2.45, 2.75) is 41.0 Å². The SMILES string of the molecule is CC.CC(=O)c1ccccc1O.CCC. The molecular weight excluding hydrogens is 188 g/mol. The Kier molecular flexibility index (Phi) is 11.6. The quantitative estimate of drug-likeness (QED) is 0.710. The van der Waals surface area contributed by atoms with Crippen LogP contribution in [0.5, 0.6) is 5.75 Å². The van der Waals surface area contributed by atoms with Gasteiger partial charge in [0, 0.05) is 0 Å². The molecule has 15 heavy (non-hydrogen) atoms. The number of ketones is 1. The topological polar surface area (TPSA) is 37.3 Å². The zero-order valence-electron chi connectivity index (χ0n) is 10.4. The van der Waals surface area contributed by atoms with Crippen molar-refractivity contribution in [3.63, 3.8) is 0 Å². The molecule has 0 atom stereocenters. The second-order valence-electron chi connectivity index (χ2n) is 2.78. The van der Waals surface area contributed by atoms with Gasteiger partial charge in [-0.2, -0.15) is 0 Å². The zero-order valence-corrected chi connectivity index (χ0v) is 10.4. The fourth-order valence-corrected chi connectivity index (χ4v) is 0.771. The number of rotatable bonds is 1. The minimum absolute atomic E-state index is 0.0509. The Labute approximate surface area is 93.0 Å². The van der Waals surface area contributed by atoms with Crippen LogP contribution < -0.4 is 0 Å². The predicted molar refractivity (Wildman–Crippen MR) is 65.4 cm³/mol. The molecule has 1 aromatic rings. The van der Waals surface area contributed by atoms with Gasteiger partial charge in [-0.1, -0.05) is 46.2 Å². The smallest absolute Gasteiger partial charge is 0.163 e. The summed E-state index contributed by atoms with van der Waals surface area (Å²) in [5.41, 5.74) is 0.377. The Morgan fingerprint density at radius 1 is 1.20 bits per heavy atom. The third-order valence-electron chi connectivity index (χ3n) is 1.28. The van der Waals surface area contributed by atoms with E-state index in [4.69, 9.17) is 5.11 Å². The van der Waals surface area contributed by atoms with Crippen molar-refractivity contribution in [1.82, 2.24) is 0 Å². The van der Waals surface area contributed by atoms with Crippen LogP contribution in [0.15, 0.2) is 24.3 Å². The molecule has 0 aliphatic carbocycles. The van der Waals surface area contributed by atoms with Gasteiger partial charge in [0.15, 0.2) is 5.78 Å². The van der Waals surface area contributed by atoms with E-state index in [0.717, 1.165) is 0 Å². The molecule has 0 aromatic heterocycles. The van der Waals surface area contributed by atoms with E-state index in [1.165, 1.54) is 19.4 Å². The van der Waals surface area contributed by atoms with E-state index >= 15 is 0 Å². The lowest BCUT2D eigenvalue weighted by Gasteiger charge is -1.96. The van der Waals surface area contributed by atoms with Crippen LogP contribution >= 0.6 is 0 Å². The number of phenols is 1. The molecule has 0 radical (unpaired) electrons. The Morgan fingerprint density at radius 2 is 1.60 bits per heavy atom. The van der Waals surface area contributed by atoms with Crippen LogP contribution in [-0.4, -0.2) is 10.9 Å².